The highest BCUT2D eigenvalue weighted by molar-refractivity contribution is 7.85. The Hall–Kier alpha value is -1.92. The number of rotatable bonds is 8. The van der Waals surface area contributed by atoms with Crippen LogP contribution in [0.15, 0.2) is 35.9 Å². The van der Waals surface area contributed by atoms with Crippen LogP contribution in [0.2, 0.25) is 0 Å². The summed E-state index contributed by atoms with van der Waals surface area (Å²) in [5, 5.41) is 0. The van der Waals surface area contributed by atoms with Crippen LogP contribution in [-0.2, 0) is 19.0 Å². The molecule has 1 fully saturated rings. The monoisotopic (exact) mass is 462 g/mol. The highest BCUT2D eigenvalue weighted by Crippen LogP contribution is 2.49. The fourth-order valence-corrected chi connectivity index (χ4v) is 5.20. The van der Waals surface area contributed by atoms with Gasteiger partial charge >= 0.3 is 5.97 Å². The minimum Gasteiger partial charge on any atom is -0.458 e. The second kappa shape index (κ2) is 10.3. The number of esters is 1. The largest absolute Gasteiger partial charge is 0.458 e. The van der Waals surface area contributed by atoms with Crippen molar-refractivity contribution in [2.45, 2.75) is 60.8 Å². The molecular weight excluding hydrogens is 424 g/mol. The number of hydrogen-bond acceptors (Lipinski definition) is 5. The molecule has 0 N–H and O–H groups in total. The molecule has 178 valence electrons. The number of aryl methyl sites for hydroxylation is 3. The van der Waals surface area contributed by atoms with Gasteiger partial charge in [-0.05, 0) is 75.0 Å². The van der Waals surface area contributed by atoms with Gasteiger partial charge in [0.15, 0.2) is 0 Å². The van der Waals surface area contributed by atoms with Gasteiger partial charge in [-0.15, -0.1) is 0 Å². The van der Waals surface area contributed by atoms with Crippen LogP contribution in [0.5, 0.6) is 0 Å². The second-order valence-electron chi connectivity index (χ2n) is 9.89. The number of hydrogen-bond donors (Lipinski definition) is 0. The molecule has 1 aliphatic carbocycles. The first-order chi connectivity index (χ1) is 14.7. The van der Waals surface area contributed by atoms with Gasteiger partial charge in [0.1, 0.15) is 6.61 Å². The van der Waals surface area contributed by atoms with E-state index in [9.17, 15) is 13.2 Å². The molecule has 2 atom stereocenters. The van der Waals surface area contributed by atoms with Gasteiger partial charge in [0.2, 0.25) is 0 Å². The summed E-state index contributed by atoms with van der Waals surface area (Å²) in [5.41, 5.74) is 5.54. The molecule has 0 unspecified atom stereocenters. The first kappa shape index (κ1) is 26.3. The average Bonchev–Trinajstić information content (AvgIpc) is 2.63. The predicted molar refractivity (Wildman–Crippen MR) is 129 cm³/mol. The van der Waals surface area contributed by atoms with Gasteiger partial charge in [-0.3, -0.25) is 4.18 Å². The predicted octanol–water partition coefficient (Wildman–Crippen LogP) is 5.69. The highest BCUT2D eigenvalue weighted by Gasteiger charge is 2.42. The van der Waals surface area contributed by atoms with Gasteiger partial charge in [-0.25, -0.2) is 4.79 Å². The van der Waals surface area contributed by atoms with Crippen molar-refractivity contribution in [1.29, 1.82) is 0 Å². The maximum absolute atomic E-state index is 12.6. The molecule has 2 rings (SSSR count). The van der Waals surface area contributed by atoms with Crippen molar-refractivity contribution in [2.75, 3.05) is 19.5 Å². The minimum absolute atomic E-state index is 0.0185. The minimum atomic E-state index is -3.49. The van der Waals surface area contributed by atoms with Gasteiger partial charge < -0.3 is 4.74 Å². The molecule has 0 spiro atoms. The first-order valence-electron chi connectivity index (χ1n) is 11.1. The smallest absolute Gasteiger partial charge is 0.338 e. The van der Waals surface area contributed by atoms with E-state index in [0.717, 1.165) is 53.4 Å². The van der Waals surface area contributed by atoms with E-state index in [-0.39, 0.29) is 30.5 Å². The molecule has 0 heterocycles. The van der Waals surface area contributed by atoms with Crippen LogP contribution in [0.4, 0.5) is 0 Å². The Morgan fingerprint density at radius 3 is 2.38 bits per heavy atom. The van der Waals surface area contributed by atoms with Crippen LogP contribution < -0.4 is 0 Å². The van der Waals surface area contributed by atoms with Crippen molar-refractivity contribution in [3.05, 3.63) is 58.2 Å². The molecule has 32 heavy (non-hydrogen) atoms. The van der Waals surface area contributed by atoms with Gasteiger partial charge in [-0.2, -0.15) is 8.42 Å². The Balaban J connectivity index is 2.01. The number of carbonyl (C=O) groups excluding carboxylic acids is 1. The second-order valence-corrected chi connectivity index (χ2v) is 11.5. The molecule has 6 heteroatoms. The molecule has 0 aliphatic heterocycles. The lowest BCUT2D eigenvalue weighted by molar-refractivity contribution is 0.0534. The van der Waals surface area contributed by atoms with Crippen molar-refractivity contribution < 1.29 is 22.1 Å². The molecule has 1 aliphatic rings. The zero-order valence-electron chi connectivity index (χ0n) is 20.6. The lowest BCUT2D eigenvalue weighted by Crippen LogP contribution is -2.40. The average molecular weight is 463 g/mol. The first-order valence-corrected chi connectivity index (χ1v) is 13.0. The van der Waals surface area contributed by atoms with E-state index >= 15 is 0 Å². The molecule has 0 bridgehead atoms. The fraction of sp³-hybridized carbons (Fsp3) is 0.577. The molecule has 0 aromatic heterocycles. The molecule has 0 saturated heterocycles. The third kappa shape index (κ3) is 6.79. The van der Waals surface area contributed by atoms with Crippen LogP contribution in [0, 0.1) is 38.0 Å². The molecule has 5 nitrogen and oxygen atoms in total. The normalized spacial score (nSPS) is 21.5. The highest BCUT2D eigenvalue weighted by atomic mass is 32.2. The van der Waals surface area contributed by atoms with Crippen molar-refractivity contribution >= 4 is 16.1 Å². The lowest BCUT2D eigenvalue weighted by Gasteiger charge is -2.46. The number of ether oxygens (including phenoxy) is 1. The van der Waals surface area contributed by atoms with Gasteiger partial charge in [0.25, 0.3) is 10.1 Å². The molecule has 0 amide bonds. The van der Waals surface area contributed by atoms with Gasteiger partial charge in [-0.1, -0.05) is 49.8 Å². The van der Waals surface area contributed by atoms with Gasteiger partial charge in [0, 0.05) is 5.92 Å². The number of benzene rings is 1. The maximum Gasteiger partial charge on any atom is 0.338 e. The Morgan fingerprint density at radius 1 is 1.22 bits per heavy atom. The van der Waals surface area contributed by atoms with Crippen LogP contribution in [0.3, 0.4) is 0 Å². The third-order valence-electron chi connectivity index (χ3n) is 6.77. The van der Waals surface area contributed by atoms with E-state index < -0.39 is 10.1 Å². The van der Waals surface area contributed by atoms with Crippen LogP contribution >= 0.6 is 0 Å². The topological polar surface area (TPSA) is 69.7 Å². The summed E-state index contributed by atoms with van der Waals surface area (Å²) in [6.45, 7) is 16.7. The Labute approximate surface area is 194 Å². The standard InChI is InChI=1S/C26H38O5S/c1-17(15-30-25(27)24-20(4)13-18(2)14-21(24)5)9-11-22-12-10-19(3)23(26(22,6)7)16-31-32(8,28)29/h9,13-14,22-23H,3,10-12,15-16H2,1-2,4-8H3/b17-9+/t22-,23+/m0/s1. The quantitative estimate of drug-likeness (QED) is 0.282. The SMILES string of the molecule is C=C1CC[C@H](C/C=C(\C)COC(=O)c2c(C)cc(C)cc2C)C(C)(C)[C@@H]1COS(C)(=O)=O. The van der Waals surface area contributed by atoms with Crippen LogP contribution in [-0.4, -0.2) is 33.9 Å². The number of carbonyl (C=O) groups is 1. The molecular formula is C26H38O5S. The summed E-state index contributed by atoms with van der Waals surface area (Å²) in [5.74, 6) is 0.0448. The summed E-state index contributed by atoms with van der Waals surface area (Å²) >= 11 is 0. The summed E-state index contributed by atoms with van der Waals surface area (Å²) in [7, 11) is -3.49. The molecule has 1 aromatic rings. The maximum atomic E-state index is 12.6. The Morgan fingerprint density at radius 2 is 1.81 bits per heavy atom. The van der Waals surface area contributed by atoms with Crippen LogP contribution in [0.1, 0.15) is 67.1 Å². The van der Waals surface area contributed by atoms with Crippen molar-refractivity contribution in [3.8, 4) is 0 Å². The summed E-state index contributed by atoms with van der Waals surface area (Å²) in [4.78, 5) is 12.6. The summed E-state index contributed by atoms with van der Waals surface area (Å²) in [6, 6.07) is 3.99. The zero-order chi connectivity index (χ0) is 24.3. The van der Waals surface area contributed by atoms with Crippen molar-refractivity contribution in [2.24, 2.45) is 17.3 Å². The summed E-state index contributed by atoms with van der Waals surface area (Å²) in [6.07, 6.45) is 5.90. The van der Waals surface area contributed by atoms with E-state index in [1.165, 1.54) is 0 Å². The molecule has 1 aromatic carbocycles. The summed E-state index contributed by atoms with van der Waals surface area (Å²) < 4.78 is 33.7. The van der Waals surface area contributed by atoms with E-state index in [0.29, 0.717) is 11.5 Å². The molecule has 0 radical (unpaired) electrons. The lowest BCUT2D eigenvalue weighted by atomic mass is 9.60. The van der Waals surface area contributed by atoms with Crippen molar-refractivity contribution in [3.63, 3.8) is 0 Å². The molecule has 1 saturated carbocycles. The third-order valence-corrected chi connectivity index (χ3v) is 7.33. The van der Waals surface area contributed by atoms with Gasteiger partial charge in [0.05, 0.1) is 18.4 Å². The van der Waals surface area contributed by atoms with Crippen molar-refractivity contribution in [1.82, 2.24) is 0 Å². The van der Waals surface area contributed by atoms with E-state index in [4.69, 9.17) is 8.92 Å². The number of allylic oxidation sites excluding steroid dienone is 1. The fourth-order valence-electron chi connectivity index (χ4n) is 4.82. The Bertz CT molecular complexity index is 978. The van der Waals surface area contributed by atoms with Crippen LogP contribution in [0.25, 0.3) is 0 Å². The zero-order valence-corrected chi connectivity index (χ0v) is 21.4. The Kier molecular flexibility index (Phi) is 8.51. The van der Waals surface area contributed by atoms with E-state index in [1.807, 2.05) is 39.8 Å². The van der Waals surface area contributed by atoms with E-state index in [2.05, 4.69) is 26.5 Å². The van der Waals surface area contributed by atoms with E-state index in [1.54, 1.807) is 0 Å².